The number of nitrogens with one attached hydrogen (secondary N) is 1. The second kappa shape index (κ2) is 8.09. The normalized spacial score (nSPS) is 11.7. The molecule has 0 unspecified atom stereocenters. The van der Waals surface area contributed by atoms with Crippen LogP contribution in [0.1, 0.15) is 32.3 Å². The van der Waals surface area contributed by atoms with E-state index in [0.717, 1.165) is 20.9 Å². The molecule has 0 radical (unpaired) electrons. The zero-order valence-corrected chi connectivity index (χ0v) is 15.1. The Morgan fingerprint density at radius 3 is 2.40 bits per heavy atom. The Morgan fingerprint density at radius 2 is 1.85 bits per heavy atom. The molecule has 1 heterocycles. The Kier molecular flexibility index (Phi) is 7.11. The highest BCUT2D eigenvalue weighted by molar-refractivity contribution is 14.1. The lowest BCUT2D eigenvalue weighted by atomic mass is 9.92. The first-order valence-corrected chi connectivity index (χ1v) is 7.79. The second-order valence-corrected chi connectivity index (χ2v) is 6.58. The molecule has 0 bridgehead atoms. The van der Waals surface area contributed by atoms with Gasteiger partial charge in [0.1, 0.15) is 11.6 Å². The molecule has 0 amide bonds. The number of methoxy groups -OCH3 is 1. The summed E-state index contributed by atoms with van der Waals surface area (Å²) in [4.78, 5) is 9.24. The lowest BCUT2D eigenvalue weighted by Crippen LogP contribution is -2.20. The number of aromatic nitrogens is 2. The van der Waals surface area contributed by atoms with Gasteiger partial charge < -0.3 is 14.8 Å². The number of nitrogens with zero attached hydrogens (tertiary/aromatic N) is 2. The minimum Gasteiger partial charge on any atom is -0.382 e. The smallest absolute Gasteiger partial charge is 0.143 e. The molecule has 0 saturated carbocycles. The summed E-state index contributed by atoms with van der Waals surface area (Å²) in [5, 5.41) is 3.14. The van der Waals surface area contributed by atoms with Gasteiger partial charge in [0, 0.05) is 26.0 Å². The minimum atomic E-state index is -0.00325. The second-order valence-electron chi connectivity index (χ2n) is 5.51. The molecule has 114 valence electrons. The Morgan fingerprint density at radius 1 is 1.15 bits per heavy atom. The Bertz CT molecular complexity index is 433. The van der Waals surface area contributed by atoms with E-state index in [9.17, 15) is 0 Å². The van der Waals surface area contributed by atoms with E-state index in [4.69, 9.17) is 14.5 Å². The van der Waals surface area contributed by atoms with Crippen LogP contribution in [0, 0.1) is 3.57 Å². The quantitative estimate of drug-likeness (QED) is 0.570. The van der Waals surface area contributed by atoms with Crippen molar-refractivity contribution in [2.75, 3.05) is 39.3 Å². The van der Waals surface area contributed by atoms with E-state index >= 15 is 0 Å². The maximum absolute atomic E-state index is 5.48. The summed E-state index contributed by atoms with van der Waals surface area (Å²) >= 11 is 2.30. The third-order valence-electron chi connectivity index (χ3n) is 2.75. The van der Waals surface area contributed by atoms with Crippen LogP contribution < -0.4 is 5.32 Å². The summed E-state index contributed by atoms with van der Waals surface area (Å²) in [6.07, 6.45) is 0.707. The monoisotopic (exact) mass is 393 g/mol. The van der Waals surface area contributed by atoms with Crippen LogP contribution in [0.4, 0.5) is 5.82 Å². The molecular weight excluding hydrogens is 369 g/mol. The first kappa shape index (κ1) is 17.6. The molecule has 0 fully saturated rings. The van der Waals surface area contributed by atoms with Crippen LogP contribution in [0.3, 0.4) is 0 Å². The fourth-order valence-corrected chi connectivity index (χ4v) is 3.00. The van der Waals surface area contributed by atoms with Gasteiger partial charge in [0.25, 0.3) is 0 Å². The zero-order valence-electron chi connectivity index (χ0n) is 12.9. The highest BCUT2D eigenvalue weighted by Gasteiger charge is 2.22. The van der Waals surface area contributed by atoms with Gasteiger partial charge in [0.2, 0.25) is 0 Å². The molecule has 0 aromatic carbocycles. The lowest BCUT2D eigenvalue weighted by molar-refractivity contribution is 0.0716. The predicted molar refractivity (Wildman–Crippen MR) is 89.4 cm³/mol. The van der Waals surface area contributed by atoms with Crippen molar-refractivity contribution in [2.24, 2.45) is 0 Å². The molecular formula is C14H24IN3O2. The largest absolute Gasteiger partial charge is 0.382 e. The number of hydrogen-bond acceptors (Lipinski definition) is 5. The maximum Gasteiger partial charge on any atom is 0.143 e. The third-order valence-corrected chi connectivity index (χ3v) is 3.77. The van der Waals surface area contributed by atoms with Gasteiger partial charge in [-0.05, 0) is 22.6 Å². The zero-order chi connectivity index (χ0) is 15.2. The van der Waals surface area contributed by atoms with Crippen LogP contribution in [-0.2, 0) is 21.3 Å². The van der Waals surface area contributed by atoms with E-state index < -0.39 is 0 Å². The molecule has 0 atom stereocenters. The number of rotatable bonds is 7. The summed E-state index contributed by atoms with van der Waals surface area (Å²) in [5.74, 6) is 1.70. The molecule has 6 heteroatoms. The van der Waals surface area contributed by atoms with E-state index in [2.05, 4.69) is 53.7 Å². The van der Waals surface area contributed by atoms with Gasteiger partial charge in [-0.3, -0.25) is 0 Å². The van der Waals surface area contributed by atoms with E-state index in [1.54, 1.807) is 7.11 Å². The Balaban J connectivity index is 2.81. The molecule has 1 rings (SSSR count). The average molecular weight is 393 g/mol. The van der Waals surface area contributed by atoms with Gasteiger partial charge in [-0.15, -0.1) is 0 Å². The minimum absolute atomic E-state index is 0.00325. The molecule has 0 spiro atoms. The Labute approximate surface area is 135 Å². The van der Waals surface area contributed by atoms with Gasteiger partial charge in [-0.1, -0.05) is 20.8 Å². The average Bonchev–Trinajstić information content (AvgIpc) is 2.38. The van der Waals surface area contributed by atoms with Crippen LogP contribution in [0.5, 0.6) is 0 Å². The van der Waals surface area contributed by atoms with Crippen molar-refractivity contribution < 1.29 is 9.47 Å². The molecule has 0 saturated heterocycles. The van der Waals surface area contributed by atoms with Crippen molar-refractivity contribution in [1.29, 1.82) is 0 Å². The fraction of sp³-hybridized carbons (Fsp3) is 0.714. The van der Waals surface area contributed by atoms with Gasteiger partial charge in [-0.2, -0.15) is 0 Å². The number of hydrogen-bond donors (Lipinski definition) is 1. The lowest BCUT2D eigenvalue weighted by Gasteiger charge is -2.21. The highest BCUT2D eigenvalue weighted by Crippen LogP contribution is 2.29. The highest BCUT2D eigenvalue weighted by atomic mass is 127. The summed E-state index contributed by atoms with van der Waals surface area (Å²) in [5.41, 5.74) is 1.07. The van der Waals surface area contributed by atoms with Crippen molar-refractivity contribution in [3.8, 4) is 0 Å². The van der Waals surface area contributed by atoms with Crippen molar-refractivity contribution in [3.63, 3.8) is 0 Å². The molecule has 1 N–H and O–H groups in total. The topological polar surface area (TPSA) is 56.3 Å². The van der Waals surface area contributed by atoms with Crippen LogP contribution in [0.15, 0.2) is 0 Å². The fourth-order valence-electron chi connectivity index (χ4n) is 1.68. The maximum atomic E-state index is 5.48. The standard InChI is InChI=1S/C14H24IN3O2/c1-14(2,3)12-11(15)13(16-4)18-10(17-12)6-7-20-9-8-19-5/h6-9H2,1-5H3,(H,16,17,18). The molecule has 0 aliphatic carbocycles. The number of anilines is 1. The molecule has 0 aliphatic heterocycles. The van der Waals surface area contributed by atoms with E-state index in [1.807, 2.05) is 7.05 Å². The summed E-state index contributed by atoms with van der Waals surface area (Å²) in [6.45, 7) is 8.31. The summed E-state index contributed by atoms with van der Waals surface area (Å²) in [7, 11) is 3.55. The molecule has 0 aliphatic rings. The molecule has 1 aromatic rings. The summed E-state index contributed by atoms with van der Waals surface area (Å²) in [6, 6.07) is 0. The van der Waals surface area contributed by atoms with Crippen molar-refractivity contribution in [2.45, 2.75) is 32.6 Å². The first-order valence-electron chi connectivity index (χ1n) is 6.71. The van der Waals surface area contributed by atoms with Gasteiger partial charge in [-0.25, -0.2) is 9.97 Å². The van der Waals surface area contributed by atoms with Crippen molar-refractivity contribution in [3.05, 3.63) is 15.1 Å². The van der Waals surface area contributed by atoms with Crippen molar-refractivity contribution in [1.82, 2.24) is 9.97 Å². The number of ether oxygens (including phenoxy) is 2. The predicted octanol–water partition coefficient (Wildman–Crippen LogP) is 2.63. The Hall–Kier alpha value is -0.470. The third kappa shape index (κ3) is 5.14. The van der Waals surface area contributed by atoms with Crippen LogP contribution in [-0.4, -0.2) is 43.9 Å². The van der Waals surface area contributed by atoms with E-state index in [0.29, 0.717) is 26.2 Å². The van der Waals surface area contributed by atoms with E-state index in [-0.39, 0.29) is 5.41 Å². The molecule has 5 nitrogen and oxygen atoms in total. The van der Waals surface area contributed by atoms with Crippen LogP contribution in [0.2, 0.25) is 0 Å². The summed E-state index contributed by atoms with van der Waals surface area (Å²) < 4.78 is 11.5. The van der Waals surface area contributed by atoms with Gasteiger partial charge in [0.05, 0.1) is 29.1 Å². The van der Waals surface area contributed by atoms with Gasteiger partial charge in [0.15, 0.2) is 0 Å². The van der Waals surface area contributed by atoms with E-state index in [1.165, 1.54) is 0 Å². The SMILES string of the molecule is CNc1nc(CCOCCOC)nc(C(C)(C)C)c1I. The number of halogens is 1. The van der Waals surface area contributed by atoms with Crippen molar-refractivity contribution >= 4 is 28.4 Å². The molecule has 20 heavy (non-hydrogen) atoms. The van der Waals surface area contributed by atoms with Crippen LogP contribution >= 0.6 is 22.6 Å². The molecule has 1 aromatic heterocycles. The van der Waals surface area contributed by atoms with Gasteiger partial charge >= 0.3 is 0 Å². The van der Waals surface area contributed by atoms with Crippen LogP contribution in [0.25, 0.3) is 0 Å². The first-order chi connectivity index (χ1) is 9.40.